The lowest BCUT2D eigenvalue weighted by Gasteiger charge is -2.15. The molecule has 2 N–H and O–H groups in total. The molecule has 8 heteroatoms. The summed E-state index contributed by atoms with van der Waals surface area (Å²) in [7, 11) is 0. The van der Waals surface area contributed by atoms with Gasteiger partial charge in [0.1, 0.15) is 5.82 Å². The van der Waals surface area contributed by atoms with Gasteiger partial charge in [0.2, 0.25) is 11.1 Å². The lowest BCUT2D eigenvalue weighted by molar-refractivity contribution is -0.126. The smallest absolute Gasteiger partial charge is 0.324 e. The highest BCUT2D eigenvalue weighted by molar-refractivity contribution is 8.00. The molecule has 0 spiro atoms. The number of rotatable bonds is 5. The fraction of sp³-hybridized carbons (Fsp3) is 0.636. The Morgan fingerprint density at radius 1 is 1.58 bits per heavy atom. The summed E-state index contributed by atoms with van der Waals surface area (Å²) in [5.74, 6) is 0.616. The van der Waals surface area contributed by atoms with Gasteiger partial charge in [-0.1, -0.05) is 18.7 Å². The van der Waals surface area contributed by atoms with Gasteiger partial charge in [-0.15, -0.1) is 5.10 Å². The summed E-state index contributed by atoms with van der Waals surface area (Å²) in [5, 5.41) is 9.68. The van der Waals surface area contributed by atoms with Crippen molar-refractivity contribution in [2.24, 2.45) is 0 Å². The van der Waals surface area contributed by atoms with Crippen molar-refractivity contribution in [1.82, 2.24) is 25.4 Å². The van der Waals surface area contributed by atoms with Crippen molar-refractivity contribution in [3.8, 4) is 0 Å². The van der Waals surface area contributed by atoms with Crippen molar-refractivity contribution in [2.45, 2.75) is 37.1 Å². The highest BCUT2D eigenvalue weighted by Gasteiger charge is 2.30. The van der Waals surface area contributed by atoms with Gasteiger partial charge in [0.25, 0.3) is 0 Å². The number of nitrogens with zero attached hydrogens (tertiary/aromatic N) is 3. The van der Waals surface area contributed by atoms with Crippen molar-refractivity contribution in [3.05, 3.63) is 5.82 Å². The number of aryl methyl sites for hydroxylation is 1. The van der Waals surface area contributed by atoms with E-state index in [1.165, 1.54) is 16.7 Å². The Kier molecular flexibility index (Phi) is 4.41. The van der Waals surface area contributed by atoms with Crippen LogP contribution in [0.15, 0.2) is 5.16 Å². The van der Waals surface area contributed by atoms with E-state index in [4.69, 9.17) is 0 Å². The number of H-pyrrole nitrogens is 1. The zero-order valence-corrected chi connectivity index (χ0v) is 11.8. The van der Waals surface area contributed by atoms with Crippen LogP contribution >= 0.6 is 11.8 Å². The monoisotopic (exact) mass is 283 g/mol. The minimum Gasteiger partial charge on any atom is -0.336 e. The molecule has 19 heavy (non-hydrogen) atoms. The van der Waals surface area contributed by atoms with Gasteiger partial charge in [-0.3, -0.25) is 14.8 Å². The van der Waals surface area contributed by atoms with Crippen LogP contribution in [0, 0.1) is 0 Å². The number of urea groups is 1. The number of carbonyl (C=O) groups is 2. The van der Waals surface area contributed by atoms with Gasteiger partial charge >= 0.3 is 6.03 Å². The number of amides is 3. The van der Waals surface area contributed by atoms with Crippen molar-refractivity contribution in [1.29, 1.82) is 0 Å². The van der Waals surface area contributed by atoms with Gasteiger partial charge in [-0.25, -0.2) is 9.78 Å². The van der Waals surface area contributed by atoms with E-state index in [2.05, 4.69) is 27.4 Å². The predicted molar refractivity (Wildman–Crippen MR) is 70.8 cm³/mol. The molecule has 0 saturated carbocycles. The Morgan fingerprint density at radius 3 is 3.00 bits per heavy atom. The third kappa shape index (κ3) is 3.25. The molecule has 2 rings (SSSR count). The average molecular weight is 283 g/mol. The second-order valence-electron chi connectivity index (χ2n) is 4.30. The van der Waals surface area contributed by atoms with Crippen LogP contribution in [-0.2, 0) is 11.2 Å². The van der Waals surface area contributed by atoms with Crippen LogP contribution < -0.4 is 5.32 Å². The van der Waals surface area contributed by atoms with Gasteiger partial charge in [0.15, 0.2) is 0 Å². The SMILES string of the molecule is CCCc1nc(S[C@H](C)C(=O)N2CCNC2=O)n[nH]1. The first kappa shape index (κ1) is 13.9. The summed E-state index contributed by atoms with van der Waals surface area (Å²) in [6.45, 7) is 4.77. The van der Waals surface area contributed by atoms with Gasteiger partial charge in [-0.2, -0.15) is 0 Å². The Morgan fingerprint density at radius 2 is 2.37 bits per heavy atom. The highest BCUT2D eigenvalue weighted by atomic mass is 32.2. The van der Waals surface area contributed by atoms with Gasteiger partial charge in [-0.05, 0) is 13.3 Å². The van der Waals surface area contributed by atoms with Crippen LogP contribution in [0.25, 0.3) is 0 Å². The molecule has 1 fully saturated rings. The van der Waals surface area contributed by atoms with E-state index in [1.807, 2.05) is 0 Å². The van der Waals surface area contributed by atoms with Crippen molar-refractivity contribution < 1.29 is 9.59 Å². The third-order valence-corrected chi connectivity index (χ3v) is 3.70. The van der Waals surface area contributed by atoms with Crippen LogP contribution in [0.3, 0.4) is 0 Å². The van der Waals surface area contributed by atoms with E-state index in [0.29, 0.717) is 18.2 Å². The minimum absolute atomic E-state index is 0.207. The fourth-order valence-electron chi connectivity index (χ4n) is 1.79. The molecule has 0 unspecified atom stereocenters. The quantitative estimate of drug-likeness (QED) is 0.780. The second kappa shape index (κ2) is 6.05. The summed E-state index contributed by atoms with van der Waals surface area (Å²) in [4.78, 5) is 29.0. The molecule has 2 heterocycles. The first-order chi connectivity index (χ1) is 9.11. The minimum atomic E-state index is -0.380. The molecule has 3 amide bonds. The Bertz CT molecular complexity index is 475. The largest absolute Gasteiger partial charge is 0.336 e. The van der Waals surface area contributed by atoms with Gasteiger partial charge in [0, 0.05) is 19.5 Å². The van der Waals surface area contributed by atoms with E-state index in [0.717, 1.165) is 18.7 Å². The standard InChI is InChI=1S/C11H17N5O2S/c1-3-4-8-13-10(15-14-8)19-7(2)9(17)16-6-5-12-11(16)18/h7H,3-6H2,1-2H3,(H,12,18)(H,13,14,15)/t7-/m1/s1. The molecule has 7 nitrogen and oxygen atoms in total. The zero-order chi connectivity index (χ0) is 13.8. The van der Waals surface area contributed by atoms with E-state index >= 15 is 0 Å². The average Bonchev–Trinajstić information content (AvgIpc) is 2.98. The molecule has 1 saturated heterocycles. The second-order valence-corrected chi connectivity index (χ2v) is 5.60. The first-order valence-electron chi connectivity index (χ1n) is 6.29. The van der Waals surface area contributed by atoms with Gasteiger partial charge < -0.3 is 5.32 Å². The number of aromatic amines is 1. The van der Waals surface area contributed by atoms with E-state index in [-0.39, 0.29) is 17.2 Å². The molecular weight excluding hydrogens is 266 g/mol. The van der Waals surface area contributed by atoms with E-state index in [9.17, 15) is 9.59 Å². The third-order valence-electron chi connectivity index (χ3n) is 2.75. The molecular formula is C11H17N5O2S. The van der Waals surface area contributed by atoms with Crippen LogP contribution in [0.2, 0.25) is 0 Å². The maximum absolute atomic E-state index is 12.1. The lowest BCUT2D eigenvalue weighted by atomic mass is 10.3. The molecule has 104 valence electrons. The van der Waals surface area contributed by atoms with Crippen LogP contribution in [0.5, 0.6) is 0 Å². The number of imide groups is 1. The number of thioether (sulfide) groups is 1. The maximum Gasteiger partial charge on any atom is 0.324 e. The Hall–Kier alpha value is -1.57. The molecule has 1 aliphatic heterocycles. The number of aromatic nitrogens is 3. The molecule has 0 radical (unpaired) electrons. The molecule has 1 aliphatic rings. The summed E-state index contributed by atoms with van der Waals surface area (Å²) < 4.78 is 0. The molecule has 1 atom stereocenters. The summed E-state index contributed by atoms with van der Waals surface area (Å²) >= 11 is 1.26. The number of hydrogen-bond acceptors (Lipinski definition) is 5. The number of hydrogen-bond donors (Lipinski definition) is 2. The van der Waals surface area contributed by atoms with E-state index < -0.39 is 0 Å². The van der Waals surface area contributed by atoms with Gasteiger partial charge in [0.05, 0.1) is 5.25 Å². The zero-order valence-electron chi connectivity index (χ0n) is 11.0. The maximum atomic E-state index is 12.1. The Balaban J connectivity index is 1.94. The normalized spacial score (nSPS) is 16.5. The van der Waals surface area contributed by atoms with Crippen LogP contribution in [0.1, 0.15) is 26.1 Å². The Labute approximate surface area is 115 Å². The van der Waals surface area contributed by atoms with Crippen molar-refractivity contribution >= 4 is 23.7 Å². The molecule has 0 bridgehead atoms. The summed E-state index contributed by atoms with van der Waals surface area (Å²) in [6, 6.07) is -0.320. The number of nitrogens with one attached hydrogen (secondary N) is 2. The lowest BCUT2D eigenvalue weighted by Crippen LogP contribution is -2.38. The van der Waals surface area contributed by atoms with E-state index in [1.54, 1.807) is 6.92 Å². The summed E-state index contributed by atoms with van der Waals surface area (Å²) in [5.41, 5.74) is 0. The topological polar surface area (TPSA) is 91.0 Å². The van der Waals surface area contributed by atoms with Crippen LogP contribution in [-0.4, -0.2) is 50.4 Å². The van der Waals surface area contributed by atoms with Crippen LogP contribution in [0.4, 0.5) is 4.79 Å². The fourth-order valence-corrected chi connectivity index (χ4v) is 2.59. The van der Waals surface area contributed by atoms with Crippen molar-refractivity contribution in [3.63, 3.8) is 0 Å². The highest BCUT2D eigenvalue weighted by Crippen LogP contribution is 2.21. The molecule has 0 aliphatic carbocycles. The molecule has 1 aromatic rings. The predicted octanol–water partition coefficient (Wildman–Crippen LogP) is 0.790. The molecule has 1 aromatic heterocycles. The summed E-state index contributed by atoms with van der Waals surface area (Å²) in [6.07, 6.45) is 1.83. The molecule has 0 aromatic carbocycles. The van der Waals surface area contributed by atoms with Crippen molar-refractivity contribution in [2.75, 3.05) is 13.1 Å². The number of carbonyl (C=O) groups excluding carboxylic acids is 2. The first-order valence-corrected chi connectivity index (χ1v) is 7.17.